The first-order chi connectivity index (χ1) is 30.3. The maximum absolute atomic E-state index is 13.8. The Hall–Kier alpha value is -5.71. The van der Waals surface area contributed by atoms with Crippen molar-refractivity contribution in [2.45, 2.75) is 142 Å². The molecule has 0 radical (unpaired) electrons. The van der Waals surface area contributed by atoms with Gasteiger partial charge in [-0.25, -0.2) is 4.79 Å². The van der Waals surface area contributed by atoms with Crippen molar-refractivity contribution in [3.63, 3.8) is 0 Å². The Kier molecular flexibility index (Phi) is 23.9. The maximum atomic E-state index is 13.8. The quantitative estimate of drug-likeness (QED) is 0.0508. The Labute approximate surface area is 377 Å². The van der Waals surface area contributed by atoms with Crippen LogP contribution in [0.1, 0.15) is 129 Å². The summed E-state index contributed by atoms with van der Waals surface area (Å²) >= 11 is 0. The van der Waals surface area contributed by atoms with Crippen molar-refractivity contribution in [2.75, 3.05) is 33.8 Å². The van der Waals surface area contributed by atoms with Crippen molar-refractivity contribution in [3.8, 4) is 22.6 Å². The van der Waals surface area contributed by atoms with Crippen LogP contribution in [0, 0.1) is 5.92 Å². The number of carboxylic acids is 1. The lowest BCUT2D eigenvalue weighted by atomic mass is 9.93. The van der Waals surface area contributed by atoms with Gasteiger partial charge in [0.25, 0.3) is 0 Å². The summed E-state index contributed by atoms with van der Waals surface area (Å²) in [5.74, 6) is -5.78. The maximum Gasteiger partial charge on any atom is 0.317 e. The SMILES string of the molecule is CCCCCCCCCCCCCCNC(=O)N(C)[C@H](CO)C(=O)N[C@H](C)C(=O)NCC(=O)N(C)[C@H](C(=O)N[C@@H](C)C(C)=O)c1ccc(O)c(-c2cc(C[C@H](C)C(=O)O)ccc2O)c1. The largest absolute Gasteiger partial charge is 0.507 e. The van der Waals surface area contributed by atoms with Crippen molar-refractivity contribution >= 4 is 41.4 Å². The average molecular weight is 897 g/mol. The number of aliphatic hydroxyl groups excluding tert-OH is 1. The third kappa shape index (κ3) is 17.8. The van der Waals surface area contributed by atoms with E-state index in [1.165, 1.54) is 123 Å². The average Bonchev–Trinajstić information content (AvgIpc) is 3.25. The van der Waals surface area contributed by atoms with Gasteiger partial charge >= 0.3 is 12.0 Å². The molecule has 0 saturated carbocycles. The number of phenols is 2. The molecule has 0 aliphatic rings. The summed E-state index contributed by atoms with van der Waals surface area (Å²) in [7, 11) is 2.66. The molecular weight excluding hydrogens is 825 g/mol. The molecule has 0 aliphatic heterocycles. The highest BCUT2D eigenvalue weighted by Gasteiger charge is 2.32. The number of aliphatic carboxylic acids is 1. The van der Waals surface area contributed by atoms with Gasteiger partial charge in [0.2, 0.25) is 23.6 Å². The van der Waals surface area contributed by atoms with E-state index in [-0.39, 0.29) is 40.4 Å². The number of urea groups is 1. The number of aromatic hydroxyl groups is 2. The number of hydrogen-bond acceptors (Lipinski definition) is 10. The Morgan fingerprint density at radius 3 is 1.73 bits per heavy atom. The Morgan fingerprint density at radius 1 is 0.656 bits per heavy atom. The molecule has 64 heavy (non-hydrogen) atoms. The van der Waals surface area contributed by atoms with Gasteiger partial charge in [-0.05, 0) is 69.0 Å². The minimum Gasteiger partial charge on any atom is -0.507 e. The number of amides is 6. The minimum atomic E-state index is -1.42. The fraction of sp³-hybridized carbons (Fsp3) is 0.596. The number of phenolic OH excluding ortho intramolecular Hbond substituents is 2. The smallest absolute Gasteiger partial charge is 0.317 e. The van der Waals surface area contributed by atoms with Crippen LogP contribution in [0.25, 0.3) is 11.1 Å². The molecule has 17 heteroatoms. The fourth-order valence-corrected chi connectivity index (χ4v) is 7.02. The van der Waals surface area contributed by atoms with E-state index in [0.29, 0.717) is 12.1 Å². The van der Waals surface area contributed by atoms with E-state index in [2.05, 4.69) is 28.2 Å². The van der Waals surface area contributed by atoms with E-state index in [1.54, 1.807) is 6.07 Å². The number of Topliss-reactive ketones (excluding diaryl/α,β-unsaturated/α-hetero) is 1. The number of carbonyl (C=O) groups excluding carboxylic acids is 6. The predicted octanol–water partition coefficient (Wildman–Crippen LogP) is 4.95. The van der Waals surface area contributed by atoms with E-state index in [9.17, 15) is 54.0 Å². The number of benzene rings is 2. The first-order valence-electron chi connectivity index (χ1n) is 22.5. The lowest BCUT2D eigenvalue weighted by Crippen LogP contribution is -2.56. The van der Waals surface area contributed by atoms with Gasteiger partial charge in [-0.3, -0.25) is 28.8 Å². The molecule has 0 heterocycles. The van der Waals surface area contributed by atoms with E-state index in [4.69, 9.17) is 0 Å². The van der Waals surface area contributed by atoms with Gasteiger partial charge in [0, 0.05) is 31.8 Å². The normalized spacial score (nSPS) is 13.4. The van der Waals surface area contributed by atoms with Crippen LogP contribution in [0.15, 0.2) is 36.4 Å². The molecule has 17 nitrogen and oxygen atoms in total. The molecule has 2 rings (SSSR count). The predicted molar refractivity (Wildman–Crippen MR) is 243 cm³/mol. The second kappa shape index (κ2) is 28.2. The topological polar surface area (TPSA) is 255 Å². The first kappa shape index (κ1) is 54.4. The fourth-order valence-electron chi connectivity index (χ4n) is 7.02. The summed E-state index contributed by atoms with van der Waals surface area (Å²) in [4.78, 5) is 92.1. The summed E-state index contributed by atoms with van der Waals surface area (Å²) in [6.07, 6.45) is 14.3. The molecule has 0 aliphatic carbocycles. The molecule has 0 saturated heterocycles. The lowest BCUT2D eigenvalue weighted by molar-refractivity contribution is -0.141. The standard InChI is InChI=1S/C47H72N6O11/c1-8-9-10-11-12-13-14-15-16-17-18-19-24-48-47(64)52(6)38(29-54)44(60)51-32(4)43(59)49-28-41(58)53(7)42(45(61)50-31(3)33(5)55)35-21-23-40(57)37(27-35)36-26-34(20-22-39(36)56)25-30(2)46(62)63/h20-23,26-27,30-32,38,42,54,56-57H,8-19,24-25,28-29H2,1-7H3,(H,48,64)(H,49,59)(H,50,61)(H,51,60)(H,62,63)/t30-,31-,32+,38+,42-/m0/s1. The van der Waals surface area contributed by atoms with Crippen molar-refractivity contribution in [1.29, 1.82) is 0 Å². The molecule has 0 bridgehead atoms. The molecule has 2 aromatic rings. The number of likely N-dealkylation sites (N-methyl/N-ethyl adjacent to an activating group) is 2. The number of hydrogen-bond donors (Lipinski definition) is 8. The Bertz CT molecular complexity index is 1870. The molecule has 6 amide bonds. The number of carbonyl (C=O) groups is 7. The van der Waals surface area contributed by atoms with Crippen LogP contribution in [0.4, 0.5) is 4.79 Å². The van der Waals surface area contributed by atoms with E-state index in [0.717, 1.165) is 35.5 Å². The van der Waals surface area contributed by atoms with E-state index < -0.39 is 78.9 Å². The zero-order valence-corrected chi connectivity index (χ0v) is 38.7. The number of nitrogens with one attached hydrogen (secondary N) is 4. The van der Waals surface area contributed by atoms with Crippen LogP contribution in [0.5, 0.6) is 11.5 Å². The number of rotatable bonds is 29. The van der Waals surface area contributed by atoms with Crippen LogP contribution < -0.4 is 21.3 Å². The molecule has 2 aromatic carbocycles. The molecule has 356 valence electrons. The van der Waals surface area contributed by atoms with Gasteiger partial charge in [-0.15, -0.1) is 0 Å². The van der Waals surface area contributed by atoms with Gasteiger partial charge in [0.15, 0.2) is 5.78 Å². The van der Waals surface area contributed by atoms with Crippen molar-refractivity contribution in [1.82, 2.24) is 31.1 Å². The minimum absolute atomic E-state index is 0.0693. The summed E-state index contributed by atoms with van der Waals surface area (Å²) < 4.78 is 0. The van der Waals surface area contributed by atoms with Gasteiger partial charge in [-0.2, -0.15) is 0 Å². The molecule has 0 fully saturated rings. The Balaban J connectivity index is 2.06. The molecule has 8 N–H and O–H groups in total. The van der Waals surface area contributed by atoms with Gasteiger partial charge in [0.1, 0.15) is 29.6 Å². The highest BCUT2D eigenvalue weighted by Crippen LogP contribution is 2.38. The Morgan fingerprint density at radius 2 is 1.19 bits per heavy atom. The van der Waals surface area contributed by atoms with Crippen molar-refractivity contribution in [3.05, 3.63) is 47.5 Å². The zero-order chi connectivity index (χ0) is 47.9. The summed E-state index contributed by atoms with van der Waals surface area (Å²) in [6.45, 7) is 6.89. The number of nitrogens with zero attached hydrogens (tertiary/aromatic N) is 2. The molecular formula is C47H72N6O11. The second-order valence-corrected chi connectivity index (χ2v) is 16.7. The van der Waals surface area contributed by atoms with Crippen molar-refractivity contribution in [2.24, 2.45) is 5.92 Å². The van der Waals surface area contributed by atoms with E-state index in [1.807, 2.05) is 0 Å². The van der Waals surface area contributed by atoms with E-state index >= 15 is 0 Å². The van der Waals surface area contributed by atoms with Crippen LogP contribution in [-0.4, -0.2) is 124 Å². The van der Waals surface area contributed by atoms with Crippen molar-refractivity contribution < 1.29 is 54.0 Å². The highest BCUT2D eigenvalue weighted by atomic mass is 16.4. The summed E-state index contributed by atoms with van der Waals surface area (Å²) in [6, 6.07) is 2.99. The van der Waals surface area contributed by atoms with Crippen LogP contribution in [-0.2, 0) is 35.2 Å². The van der Waals surface area contributed by atoms with Gasteiger partial charge < -0.3 is 51.5 Å². The number of unbranched alkanes of at least 4 members (excludes halogenated alkanes) is 11. The monoisotopic (exact) mass is 897 g/mol. The van der Waals surface area contributed by atoms with Gasteiger partial charge in [-0.1, -0.05) is 96.6 Å². The molecule has 0 spiro atoms. The first-order valence-corrected chi connectivity index (χ1v) is 22.5. The zero-order valence-electron chi connectivity index (χ0n) is 38.7. The molecule has 0 aromatic heterocycles. The van der Waals surface area contributed by atoms with Crippen LogP contribution in [0.3, 0.4) is 0 Å². The third-order valence-electron chi connectivity index (χ3n) is 11.4. The highest BCUT2D eigenvalue weighted by molar-refractivity contribution is 5.95. The third-order valence-corrected chi connectivity index (χ3v) is 11.4. The lowest BCUT2D eigenvalue weighted by Gasteiger charge is -2.29. The molecule has 5 atom stereocenters. The molecule has 0 unspecified atom stereocenters. The van der Waals surface area contributed by atoms with Crippen LogP contribution in [0.2, 0.25) is 0 Å². The number of aliphatic hydroxyl groups is 1. The van der Waals surface area contributed by atoms with Gasteiger partial charge in [0.05, 0.1) is 25.1 Å². The van der Waals surface area contributed by atoms with Crippen LogP contribution >= 0.6 is 0 Å². The summed E-state index contributed by atoms with van der Waals surface area (Å²) in [5.41, 5.74) is 0.910. The number of carboxylic acid groups (broad SMARTS) is 1. The number of ketones is 1. The summed E-state index contributed by atoms with van der Waals surface area (Å²) in [5, 5.41) is 51.3. The second-order valence-electron chi connectivity index (χ2n) is 16.7.